The molecule has 0 unspecified atom stereocenters. The summed E-state index contributed by atoms with van der Waals surface area (Å²) in [5.41, 5.74) is 24.1. The van der Waals surface area contributed by atoms with Crippen molar-refractivity contribution in [2.75, 3.05) is 0 Å². The Bertz CT molecular complexity index is 910. The van der Waals surface area contributed by atoms with Gasteiger partial charge in [-0.3, -0.25) is 0 Å². The minimum Gasteiger partial charge on any atom is -0.370 e. The van der Waals surface area contributed by atoms with Gasteiger partial charge in [-0.25, -0.2) is 9.98 Å². The van der Waals surface area contributed by atoms with Crippen molar-refractivity contribution in [2.45, 2.75) is 0 Å². The van der Waals surface area contributed by atoms with Gasteiger partial charge in [-0.2, -0.15) is 0 Å². The molecule has 2 aromatic carbocycles. The van der Waals surface area contributed by atoms with Crippen LogP contribution >= 0.6 is 36.2 Å². The van der Waals surface area contributed by atoms with Crippen LogP contribution in [0.25, 0.3) is 20.5 Å². The zero-order valence-electron chi connectivity index (χ0n) is 13.0. The van der Waals surface area contributed by atoms with Gasteiger partial charge in [-0.05, 0) is 47.3 Å². The molecule has 1 heterocycles. The third-order valence-corrected chi connectivity index (χ3v) is 4.33. The fourth-order valence-corrected chi connectivity index (χ4v) is 3.29. The number of aliphatic imine (C=N–C) groups is 2. The first-order valence-electron chi connectivity index (χ1n) is 6.84. The van der Waals surface area contributed by atoms with Crippen molar-refractivity contribution in [3.63, 3.8) is 0 Å². The van der Waals surface area contributed by atoms with Crippen LogP contribution in [0.5, 0.6) is 0 Å². The molecule has 0 fully saturated rings. The molecule has 0 bridgehead atoms. The number of halogens is 2. The van der Waals surface area contributed by atoms with Gasteiger partial charge in [0, 0.05) is 9.58 Å². The van der Waals surface area contributed by atoms with E-state index in [0.717, 1.165) is 27.2 Å². The van der Waals surface area contributed by atoms with Gasteiger partial charge >= 0.3 is 0 Å². The van der Waals surface area contributed by atoms with E-state index in [9.17, 15) is 0 Å². The van der Waals surface area contributed by atoms with E-state index in [1.54, 1.807) is 11.3 Å². The van der Waals surface area contributed by atoms with E-state index in [1.165, 1.54) is 4.70 Å². The molecule has 3 aromatic rings. The third-order valence-electron chi connectivity index (χ3n) is 3.17. The fourth-order valence-electron chi connectivity index (χ4n) is 2.24. The largest absolute Gasteiger partial charge is 0.370 e. The lowest BCUT2D eigenvalue weighted by atomic mass is 10.1. The van der Waals surface area contributed by atoms with Crippen molar-refractivity contribution in [2.24, 2.45) is 32.9 Å². The lowest BCUT2D eigenvalue weighted by Crippen LogP contribution is -2.21. The van der Waals surface area contributed by atoms with Crippen molar-refractivity contribution in [3.05, 3.63) is 48.5 Å². The number of rotatable bonds is 3. The van der Waals surface area contributed by atoms with Gasteiger partial charge in [0.15, 0.2) is 11.9 Å². The van der Waals surface area contributed by atoms with Crippen LogP contribution in [0, 0.1) is 0 Å². The Labute approximate surface area is 161 Å². The van der Waals surface area contributed by atoms with Gasteiger partial charge in [0.2, 0.25) is 0 Å². The number of guanidine groups is 2. The van der Waals surface area contributed by atoms with Crippen LogP contribution in [0.3, 0.4) is 0 Å². The second-order valence-electron chi connectivity index (χ2n) is 4.95. The highest BCUT2D eigenvalue weighted by molar-refractivity contribution is 7.22. The predicted octanol–water partition coefficient (Wildman–Crippen LogP) is 3.22. The summed E-state index contributed by atoms with van der Waals surface area (Å²) < 4.78 is 1.17. The monoisotopic (exact) mass is 396 g/mol. The van der Waals surface area contributed by atoms with E-state index in [2.05, 4.69) is 16.1 Å². The molecule has 0 spiro atoms. The van der Waals surface area contributed by atoms with Gasteiger partial charge in [0.25, 0.3) is 0 Å². The summed E-state index contributed by atoms with van der Waals surface area (Å²) in [6, 6.07) is 15.7. The number of hydrogen-bond donors (Lipinski definition) is 4. The highest BCUT2D eigenvalue weighted by Crippen LogP contribution is 2.35. The van der Waals surface area contributed by atoms with E-state index in [4.69, 9.17) is 22.9 Å². The topological polar surface area (TPSA) is 129 Å². The zero-order chi connectivity index (χ0) is 16.4. The maximum absolute atomic E-state index is 5.42. The van der Waals surface area contributed by atoms with Crippen molar-refractivity contribution in [1.29, 1.82) is 0 Å². The van der Waals surface area contributed by atoms with Crippen molar-refractivity contribution in [3.8, 4) is 10.4 Å². The number of fused-ring (bicyclic) bond motifs is 1. The predicted molar refractivity (Wildman–Crippen MR) is 113 cm³/mol. The number of nitrogens with two attached hydrogens (primary N) is 4. The number of hydrogen-bond acceptors (Lipinski definition) is 3. The van der Waals surface area contributed by atoms with Crippen molar-refractivity contribution >= 4 is 69.5 Å². The summed E-state index contributed by atoms with van der Waals surface area (Å²) in [5, 5.41) is 1.10. The highest BCUT2D eigenvalue weighted by Gasteiger charge is 2.05. The molecule has 6 nitrogen and oxygen atoms in total. The molecule has 0 atom stereocenters. The third kappa shape index (κ3) is 4.99. The smallest absolute Gasteiger partial charge is 0.191 e. The molecule has 9 heteroatoms. The van der Waals surface area contributed by atoms with Crippen LogP contribution in [0.4, 0.5) is 11.4 Å². The van der Waals surface area contributed by atoms with Crippen LogP contribution in [0.15, 0.2) is 58.5 Å². The van der Waals surface area contributed by atoms with Crippen LogP contribution in [-0.2, 0) is 0 Å². The van der Waals surface area contributed by atoms with Crippen LogP contribution < -0.4 is 22.9 Å². The Morgan fingerprint density at radius 3 is 1.88 bits per heavy atom. The van der Waals surface area contributed by atoms with Gasteiger partial charge in [-0.15, -0.1) is 36.2 Å². The molecule has 0 aliphatic heterocycles. The highest BCUT2D eigenvalue weighted by atomic mass is 35.5. The molecule has 0 aliphatic carbocycles. The quantitative estimate of drug-likeness (QED) is 0.399. The Morgan fingerprint density at radius 2 is 1.28 bits per heavy atom. The minimum absolute atomic E-state index is 0. The molecular formula is C16H18Cl2N6S. The maximum Gasteiger partial charge on any atom is 0.191 e. The van der Waals surface area contributed by atoms with E-state index < -0.39 is 0 Å². The molecule has 0 radical (unpaired) electrons. The minimum atomic E-state index is 0. The standard InChI is InChI=1S/C16H16N6S.2ClH/c17-15(18)21-11-3-1-9(2-4-11)14-8-10-7-12(22-16(19)20)5-6-13(10)23-14;;/h1-8H,(H4,17,18,21)(H4,19,20,22);2*1H. The second-order valence-corrected chi connectivity index (χ2v) is 6.04. The molecule has 0 amide bonds. The van der Waals surface area contributed by atoms with Crippen molar-refractivity contribution < 1.29 is 0 Å². The molecular weight excluding hydrogens is 379 g/mol. The second kappa shape index (κ2) is 8.57. The SMILES string of the molecule is Cl.Cl.NC(N)=Nc1ccc(-c2cc3cc(N=C(N)N)ccc3s2)cc1. The summed E-state index contributed by atoms with van der Waals surface area (Å²) in [7, 11) is 0. The first kappa shape index (κ1) is 20.6. The molecule has 132 valence electrons. The lowest BCUT2D eigenvalue weighted by molar-refractivity contribution is 1.42. The Hall–Kier alpha value is -2.48. The average Bonchev–Trinajstić information content (AvgIpc) is 2.90. The molecule has 3 rings (SSSR count). The van der Waals surface area contributed by atoms with E-state index >= 15 is 0 Å². The summed E-state index contributed by atoms with van der Waals surface area (Å²) >= 11 is 1.70. The van der Waals surface area contributed by atoms with E-state index in [1.807, 2.05) is 42.5 Å². The first-order chi connectivity index (χ1) is 11.0. The van der Waals surface area contributed by atoms with Crippen LogP contribution in [0.2, 0.25) is 0 Å². The van der Waals surface area contributed by atoms with Gasteiger partial charge in [0.05, 0.1) is 11.4 Å². The molecule has 8 N–H and O–H groups in total. The van der Waals surface area contributed by atoms with Crippen molar-refractivity contribution in [1.82, 2.24) is 0 Å². The molecule has 0 aliphatic rings. The van der Waals surface area contributed by atoms with Gasteiger partial charge in [-0.1, -0.05) is 12.1 Å². The zero-order valence-corrected chi connectivity index (χ0v) is 15.5. The van der Waals surface area contributed by atoms with Crippen LogP contribution in [-0.4, -0.2) is 11.9 Å². The fraction of sp³-hybridized carbons (Fsp3) is 0. The summed E-state index contributed by atoms with van der Waals surface area (Å²) in [5.74, 6) is 0.0991. The summed E-state index contributed by atoms with van der Waals surface area (Å²) in [4.78, 5) is 9.23. The Morgan fingerprint density at radius 1 is 0.720 bits per heavy atom. The maximum atomic E-state index is 5.42. The number of benzene rings is 2. The molecule has 0 saturated heterocycles. The lowest BCUT2D eigenvalue weighted by Gasteiger charge is -1.98. The first-order valence-corrected chi connectivity index (χ1v) is 7.66. The van der Waals surface area contributed by atoms with E-state index in [0.29, 0.717) is 0 Å². The molecule has 1 aromatic heterocycles. The van der Waals surface area contributed by atoms with Crippen LogP contribution in [0.1, 0.15) is 0 Å². The Balaban J connectivity index is 0.00000156. The molecule has 0 saturated carbocycles. The Kier molecular flexibility index (Phi) is 7.05. The average molecular weight is 397 g/mol. The van der Waals surface area contributed by atoms with Gasteiger partial charge in [0.1, 0.15) is 0 Å². The number of thiophene rings is 1. The summed E-state index contributed by atoms with van der Waals surface area (Å²) in [6.45, 7) is 0. The molecule has 25 heavy (non-hydrogen) atoms. The number of nitrogens with zero attached hydrogens (tertiary/aromatic N) is 2. The van der Waals surface area contributed by atoms with Gasteiger partial charge < -0.3 is 22.9 Å². The normalized spacial score (nSPS) is 9.60. The van der Waals surface area contributed by atoms with E-state index in [-0.39, 0.29) is 36.7 Å². The summed E-state index contributed by atoms with van der Waals surface area (Å²) in [6.07, 6.45) is 0.